The summed E-state index contributed by atoms with van der Waals surface area (Å²) in [5.74, 6) is 1.37. The third kappa shape index (κ3) is 6.45. The molecular formula is C25H27BrN2O4. The van der Waals surface area contributed by atoms with Crippen molar-refractivity contribution in [1.82, 2.24) is 10.2 Å². The van der Waals surface area contributed by atoms with Gasteiger partial charge in [-0.3, -0.25) is 9.69 Å². The summed E-state index contributed by atoms with van der Waals surface area (Å²) in [5, 5.41) is 2.93. The second-order valence-electron chi connectivity index (χ2n) is 7.93. The number of rotatable bonds is 8. The molecule has 1 N–H and O–H groups in total. The van der Waals surface area contributed by atoms with Crippen LogP contribution in [-0.4, -0.2) is 36.6 Å². The molecule has 0 aliphatic carbocycles. The van der Waals surface area contributed by atoms with Gasteiger partial charge in [-0.2, -0.15) is 0 Å². The highest BCUT2D eigenvalue weighted by atomic mass is 79.9. The van der Waals surface area contributed by atoms with Crippen LogP contribution in [0, 0.1) is 0 Å². The van der Waals surface area contributed by atoms with Crippen LogP contribution < -0.4 is 10.1 Å². The van der Waals surface area contributed by atoms with E-state index in [1.165, 1.54) is 5.56 Å². The quantitative estimate of drug-likeness (QED) is 0.484. The van der Waals surface area contributed by atoms with Crippen molar-refractivity contribution < 1.29 is 18.7 Å². The lowest BCUT2D eigenvalue weighted by Crippen LogP contribution is -2.40. The number of halogens is 1. The Morgan fingerprint density at radius 2 is 1.97 bits per heavy atom. The van der Waals surface area contributed by atoms with Crippen LogP contribution in [0.3, 0.4) is 0 Å². The first kappa shape index (κ1) is 22.6. The van der Waals surface area contributed by atoms with Gasteiger partial charge in [-0.15, -0.1) is 0 Å². The third-order valence-electron chi connectivity index (χ3n) is 5.26. The van der Waals surface area contributed by atoms with Crippen molar-refractivity contribution in [2.75, 3.05) is 19.7 Å². The average Bonchev–Trinajstić information content (AvgIpc) is 3.27. The van der Waals surface area contributed by atoms with E-state index in [0.717, 1.165) is 42.0 Å². The number of hydrogen-bond donors (Lipinski definition) is 1. The number of nitrogens with one attached hydrogen (secondary N) is 1. The highest BCUT2D eigenvalue weighted by Crippen LogP contribution is 2.18. The van der Waals surface area contributed by atoms with Crippen LogP contribution in [0.1, 0.15) is 34.4 Å². The molecule has 1 saturated heterocycles. The number of hydrogen-bond acceptors (Lipinski definition) is 5. The van der Waals surface area contributed by atoms with Crippen LogP contribution in [0.5, 0.6) is 5.75 Å². The molecule has 3 aromatic rings. The summed E-state index contributed by atoms with van der Waals surface area (Å²) in [5.41, 5.74) is 2.29. The number of nitrogens with zero attached hydrogens (tertiary/aromatic N) is 1. The standard InChI is InChI=1S/C25H27BrN2O4/c1-18-15-28(11-12-30-18)16-20-4-2-3-19(13-20)14-27-25(29)24-10-9-23(32-24)17-31-22-7-5-21(26)6-8-22/h2-10,13,18H,11-12,14-17H2,1H3,(H,27,29). The van der Waals surface area contributed by atoms with Gasteiger partial charge in [-0.1, -0.05) is 40.2 Å². The van der Waals surface area contributed by atoms with E-state index < -0.39 is 0 Å². The number of morpholine rings is 1. The maximum atomic E-state index is 12.5. The number of benzene rings is 2. The molecule has 1 aliphatic rings. The molecule has 2 aromatic carbocycles. The van der Waals surface area contributed by atoms with E-state index >= 15 is 0 Å². The van der Waals surface area contributed by atoms with Crippen molar-refractivity contribution in [1.29, 1.82) is 0 Å². The van der Waals surface area contributed by atoms with Gasteiger partial charge in [0.2, 0.25) is 0 Å². The fraction of sp³-hybridized carbons (Fsp3) is 0.320. The molecule has 1 aliphatic heterocycles. The Kier molecular flexibility index (Phi) is 7.63. The number of carbonyl (C=O) groups excluding carboxylic acids is 1. The van der Waals surface area contributed by atoms with E-state index in [9.17, 15) is 4.79 Å². The van der Waals surface area contributed by atoms with E-state index in [0.29, 0.717) is 12.3 Å². The van der Waals surface area contributed by atoms with Crippen molar-refractivity contribution >= 4 is 21.8 Å². The van der Waals surface area contributed by atoms with Gasteiger partial charge in [0.05, 0.1) is 12.7 Å². The maximum Gasteiger partial charge on any atom is 0.287 e. The number of carbonyl (C=O) groups is 1. The molecule has 6 nitrogen and oxygen atoms in total. The molecule has 2 heterocycles. The van der Waals surface area contributed by atoms with Gasteiger partial charge < -0.3 is 19.2 Å². The van der Waals surface area contributed by atoms with Crippen molar-refractivity contribution in [2.45, 2.75) is 32.7 Å². The Bertz CT molecular complexity index is 1030. The summed E-state index contributed by atoms with van der Waals surface area (Å²) in [6.07, 6.45) is 0.268. The average molecular weight is 499 g/mol. The molecule has 0 spiro atoms. The first-order chi connectivity index (χ1) is 15.5. The second kappa shape index (κ2) is 10.8. The summed E-state index contributed by atoms with van der Waals surface area (Å²) in [7, 11) is 0. The van der Waals surface area contributed by atoms with Crippen LogP contribution in [0.25, 0.3) is 0 Å². The zero-order chi connectivity index (χ0) is 22.3. The third-order valence-corrected chi connectivity index (χ3v) is 5.78. The normalized spacial score (nSPS) is 16.6. The minimum atomic E-state index is -0.243. The van der Waals surface area contributed by atoms with Gasteiger partial charge in [0.1, 0.15) is 18.1 Å². The molecule has 4 rings (SSSR count). The van der Waals surface area contributed by atoms with Gasteiger partial charge in [0.25, 0.3) is 5.91 Å². The number of ether oxygens (including phenoxy) is 2. The minimum absolute atomic E-state index is 0.243. The highest BCUT2D eigenvalue weighted by Gasteiger charge is 2.17. The topological polar surface area (TPSA) is 63.9 Å². The summed E-state index contributed by atoms with van der Waals surface area (Å²) >= 11 is 3.40. The van der Waals surface area contributed by atoms with E-state index in [-0.39, 0.29) is 24.4 Å². The summed E-state index contributed by atoms with van der Waals surface area (Å²) < 4.78 is 17.9. The molecule has 0 radical (unpaired) electrons. The van der Waals surface area contributed by atoms with E-state index in [2.05, 4.69) is 45.2 Å². The predicted molar refractivity (Wildman–Crippen MR) is 125 cm³/mol. The Balaban J connectivity index is 1.27. The van der Waals surface area contributed by atoms with Crippen LogP contribution in [0.2, 0.25) is 0 Å². The monoisotopic (exact) mass is 498 g/mol. The Morgan fingerprint density at radius 3 is 2.78 bits per heavy atom. The van der Waals surface area contributed by atoms with Crippen molar-refractivity contribution in [2.24, 2.45) is 0 Å². The highest BCUT2D eigenvalue weighted by molar-refractivity contribution is 9.10. The maximum absolute atomic E-state index is 12.5. The first-order valence-electron chi connectivity index (χ1n) is 10.7. The Morgan fingerprint density at radius 1 is 1.16 bits per heavy atom. The zero-order valence-corrected chi connectivity index (χ0v) is 19.6. The van der Waals surface area contributed by atoms with Gasteiger partial charge in [-0.05, 0) is 54.4 Å². The van der Waals surface area contributed by atoms with Gasteiger partial charge >= 0.3 is 0 Å². The SMILES string of the molecule is CC1CN(Cc2cccc(CNC(=O)c3ccc(COc4ccc(Br)cc4)o3)c2)CCO1. The molecule has 1 aromatic heterocycles. The van der Waals surface area contributed by atoms with Crippen LogP contribution in [-0.2, 0) is 24.4 Å². The first-order valence-corrected chi connectivity index (χ1v) is 11.5. The molecule has 0 saturated carbocycles. The molecule has 168 valence electrons. The molecular weight excluding hydrogens is 472 g/mol. The van der Waals surface area contributed by atoms with Crippen molar-refractivity contribution in [3.63, 3.8) is 0 Å². The number of amides is 1. The number of furan rings is 1. The van der Waals surface area contributed by atoms with Crippen LogP contribution >= 0.6 is 15.9 Å². The second-order valence-corrected chi connectivity index (χ2v) is 8.84. The lowest BCUT2D eigenvalue weighted by Gasteiger charge is -2.31. The lowest BCUT2D eigenvalue weighted by molar-refractivity contribution is -0.0212. The van der Waals surface area contributed by atoms with Crippen LogP contribution in [0.15, 0.2) is 69.6 Å². The lowest BCUT2D eigenvalue weighted by atomic mass is 10.1. The van der Waals surface area contributed by atoms with Crippen LogP contribution in [0.4, 0.5) is 0 Å². The molecule has 32 heavy (non-hydrogen) atoms. The van der Waals surface area contributed by atoms with Gasteiger partial charge in [-0.25, -0.2) is 0 Å². The molecule has 1 amide bonds. The largest absolute Gasteiger partial charge is 0.486 e. The fourth-order valence-corrected chi connectivity index (χ4v) is 3.93. The molecule has 1 unspecified atom stereocenters. The van der Waals surface area contributed by atoms with Gasteiger partial charge in [0, 0.05) is 30.7 Å². The van der Waals surface area contributed by atoms with E-state index in [1.54, 1.807) is 12.1 Å². The summed E-state index contributed by atoms with van der Waals surface area (Å²) in [6.45, 7) is 6.34. The molecule has 1 atom stereocenters. The predicted octanol–water partition coefficient (Wildman–Crippen LogP) is 4.77. The van der Waals surface area contributed by atoms with Gasteiger partial charge in [0.15, 0.2) is 5.76 Å². The molecule has 0 bridgehead atoms. The smallest absolute Gasteiger partial charge is 0.287 e. The van der Waals surface area contributed by atoms with Crippen molar-refractivity contribution in [3.05, 3.63) is 87.8 Å². The summed E-state index contributed by atoms with van der Waals surface area (Å²) in [6, 6.07) is 19.3. The van der Waals surface area contributed by atoms with E-state index in [1.807, 2.05) is 36.4 Å². The molecule has 7 heteroatoms. The van der Waals surface area contributed by atoms with E-state index in [4.69, 9.17) is 13.9 Å². The Hall–Kier alpha value is -2.61. The molecule has 1 fully saturated rings. The zero-order valence-electron chi connectivity index (χ0n) is 18.1. The van der Waals surface area contributed by atoms with Crippen molar-refractivity contribution in [3.8, 4) is 5.75 Å². The summed E-state index contributed by atoms with van der Waals surface area (Å²) in [4.78, 5) is 14.9. The Labute approximate surface area is 196 Å². The fourth-order valence-electron chi connectivity index (χ4n) is 3.66. The minimum Gasteiger partial charge on any atom is -0.486 e.